The monoisotopic (exact) mass is 350 g/mol. The van der Waals surface area contributed by atoms with E-state index in [0.29, 0.717) is 5.33 Å². The quantitative estimate of drug-likeness (QED) is 0.429. The number of hydrogen-bond donors (Lipinski definition) is 0. The summed E-state index contributed by atoms with van der Waals surface area (Å²) < 4.78 is 33.5. The van der Waals surface area contributed by atoms with E-state index in [9.17, 15) is 18.4 Å². The normalized spacial score (nSPS) is 10.4. The summed E-state index contributed by atoms with van der Waals surface area (Å²) in [4.78, 5) is 23.4. The van der Waals surface area contributed by atoms with Gasteiger partial charge in [-0.2, -0.15) is 8.78 Å². The maximum atomic E-state index is 12.3. The van der Waals surface area contributed by atoms with Crippen molar-refractivity contribution >= 4 is 27.7 Å². The van der Waals surface area contributed by atoms with Gasteiger partial charge in [-0.25, -0.2) is 4.79 Å². The minimum atomic E-state index is -3.04. The molecule has 0 aliphatic heterocycles. The smallest absolute Gasteiger partial charge is 0.387 e. The summed E-state index contributed by atoms with van der Waals surface area (Å²) in [5.74, 6) is -1.23. The highest BCUT2D eigenvalue weighted by atomic mass is 79.9. The molecule has 0 aliphatic carbocycles. The fourth-order valence-corrected chi connectivity index (χ4v) is 1.85. The van der Waals surface area contributed by atoms with Crippen LogP contribution in [0.2, 0.25) is 0 Å². The second-order valence-electron chi connectivity index (χ2n) is 3.71. The molecular weight excluding hydrogens is 338 g/mol. The van der Waals surface area contributed by atoms with E-state index in [-0.39, 0.29) is 35.7 Å². The molecule has 0 spiro atoms. The van der Waals surface area contributed by atoms with E-state index in [1.165, 1.54) is 12.1 Å². The van der Waals surface area contributed by atoms with Gasteiger partial charge in [0.15, 0.2) is 5.78 Å². The fraction of sp³-hybridized carbons (Fsp3) is 0.385. The lowest BCUT2D eigenvalue weighted by Gasteiger charge is -2.09. The van der Waals surface area contributed by atoms with Crippen LogP contribution in [0.15, 0.2) is 18.2 Å². The molecule has 4 nitrogen and oxygen atoms in total. The molecule has 0 saturated carbocycles. The first-order valence-corrected chi connectivity index (χ1v) is 6.96. The Morgan fingerprint density at radius 3 is 2.45 bits per heavy atom. The lowest BCUT2D eigenvalue weighted by molar-refractivity contribution is -0.0499. The Hall–Kier alpha value is -1.50. The SMILES string of the molecule is CCOC(=O)c1cc(OC(F)F)cc(C(=O)CCBr)c1. The van der Waals surface area contributed by atoms with Crippen molar-refractivity contribution in [3.63, 3.8) is 0 Å². The van der Waals surface area contributed by atoms with Gasteiger partial charge in [0, 0.05) is 17.3 Å². The fourth-order valence-electron chi connectivity index (χ4n) is 1.49. The number of ketones is 1. The lowest BCUT2D eigenvalue weighted by Crippen LogP contribution is -2.10. The first kappa shape index (κ1) is 16.6. The number of esters is 1. The topological polar surface area (TPSA) is 52.6 Å². The third-order valence-corrected chi connectivity index (χ3v) is 2.68. The molecule has 0 N–H and O–H groups in total. The van der Waals surface area contributed by atoms with Crippen molar-refractivity contribution in [2.45, 2.75) is 20.0 Å². The van der Waals surface area contributed by atoms with Gasteiger partial charge < -0.3 is 9.47 Å². The minimum Gasteiger partial charge on any atom is -0.462 e. The summed E-state index contributed by atoms with van der Waals surface area (Å²) in [6.45, 7) is -1.27. The lowest BCUT2D eigenvalue weighted by atomic mass is 10.0. The summed E-state index contributed by atoms with van der Waals surface area (Å²) in [7, 11) is 0. The zero-order valence-corrected chi connectivity index (χ0v) is 12.3. The molecule has 0 unspecified atom stereocenters. The largest absolute Gasteiger partial charge is 0.462 e. The van der Waals surface area contributed by atoms with E-state index in [1.807, 2.05) is 0 Å². The highest BCUT2D eigenvalue weighted by Gasteiger charge is 2.16. The minimum absolute atomic E-state index is 0.00271. The number of halogens is 3. The number of alkyl halides is 3. The maximum absolute atomic E-state index is 12.3. The molecule has 1 rings (SSSR count). The Labute approximate surface area is 123 Å². The van der Waals surface area contributed by atoms with Gasteiger partial charge in [-0.15, -0.1) is 0 Å². The third kappa shape index (κ3) is 4.88. The Balaban J connectivity index is 3.13. The molecule has 0 heterocycles. The number of hydrogen-bond acceptors (Lipinski definition) is 4. The molecular formula is C13H13BrF2O4. The van der Waals surface area contributed by atoms with E-state index < -0.39 is 12.6 Å². The van der Waals surface area contributed by atoms with Crippen molar-refractivity contribution in [1.29, 1.82) is 0 Å². The van der Waals surface area contributed by atoms with Gasteiger partial charge in [0.25, 0.3) is 0 Å². The van der Waals surface area contributed by atoms with Crippen molar-refractivity contribution in [3.8, 4) is 5.75 Å². The van der Waals surface area contributed by atoms with E-state index in [1.54, 1.807) is 6.92 Å². The Morgan fingerprint density at radius 1 is 1.25 bits per heavy atom. The standard InChI is InChI=1S/C13H13BrF2O4/c1-2-19-12(18)9-5-8(11(17)3-4-14)6-10(7-9)20-13(15)16/h5-7,13H,2-4H2,1H3. The molecule has 0 amide bonds. The van der Waals surface area contributed by atoms with Gasteiger partial charge in [-0.05, 0) is 25.1 Å². The Morgan fingerprint density at radius 2 is 1.90 bits per heavy atom. The average molecular weight is 351 g/mol. The molecule has 0 bridgehead atoms. The molecule has 0 aromatic heterocycles. The van der Waals surface area contributed by atoms with Gasteiger partial charge in [0.1, 0.15) is 5.75 Å². The Kier molecular flexibility index (Phi) is 6.57. The molecule has 20 heavy (non-hydrogen) atoms. The van der Waals surface area contributed by atoms with E-state index in [4.69, 9.17) is 4.74 Å². The number of carbonyl (C=O) groups excluding carboxylic acids is 2. The highest BCUT2D eigenvalue weighted by molar-refractivity contribution is 9.09. The number of benzene rings is 1. The molecule has 0 atom stereocenters. The second-order valence-corrected chi connectivity index (χ2v) is 4.50. The molecule has 7 heteroatoms. The van der Waals surface area contributed by atoms with E-state index >= 15 is 0 Å². The summed E-state index contributed by atoms with van der Waals surface area (Å²) in [5.41, 5.74) is 0.133. The van der Waals surface area contributed by atoms with Gasteiger partial charge in [-0.1, -0.05) is 15.9 Å². The van der Waals surface area contributed by atoms with Crippen LogP contribution in [0.5, 0.6) is 5.75 Å². The summed E-state index contributed by atoms with van der Waals surface area (Å²) in [6, 6.07) is 3.61. The van der Waals surface area contributed by atoms with Crippen LogP contribution in [-0.2, 0) is 4.74 Å². The van der Waals surface area contributed by atoms with Crippen LogP contribution in [0.25, 0.3) is 0 Å². The van der Waals surface area contributed by atoms with Crippen molar-refractivity contribution in [1.82, 2.24) is 0 Å². The number of carbonyl (C=O) groups is 2. The third-order valence-electron chi connectivity index (χ3n) is 2.29. The molecule has 0 radical (unpaired) electrons. The molecule has 0 fully saturated rings. The van der Waals surface area contributed by atoms with Crippen molar-refractivity contribution in [2.75, 3.05) is 11.9 Å². The first-order valence-electron chi connectivity index (χ1n) is 5.84. The van der Waals surface area contributed by atoms with Crippen molar-refractivity contribution in [2.24, 2.45) is 0 Å². The second kappa shape index (κ2) is 7.94. The Bertz CT molecular complexity index is 455. The van der Waals surface area contributed by atoms with Crippen LogP contribution < -0.4 is 4.74 Å². The van der Waals surface area contributed by atoms with Crippen LogP contribution in [0.3, 0.4) is 0 Å². The number of rotatable bonds is 7. The van der Waals surface area contributed by atoms with E-state index in [0.717, 1.165) is 6.07 Å². The molecule has 1 aromatic carbocycles. The number of Topliss-reactive ketones (excluding diaryl/α,β-unsaturated/α-hetero) is 1. The van der Waals surface area contributed by atoms with Gasteiger partial charge in [0.05, 0.1) is 12.2 Å². The van der Waals surface area contributed by atoms with Crippen molar-refractivity contribution < 1.29 is 27.8 Å². The average Bonchev–Trinajstić information content (AvgIpc) is 2.38. The summed E-state index contributed by atoms with van der Waals surface area (Å²) in [6.07, 6.45) is 0.181. The van der Waals surface area contributed by atoms with Crippen LogP contribution in [-0.4, -0.2) is 30.3 Å². The molecule has 110 valence electrons. The predicted octanol–water partition coefficient (Wildman–Crippen LogP) is 3.43. The van der Waals surface area contributed by atoms with Gasteiger partial charge in [0.2, 0.25) is 0 Å². The summed E-state index contributed by atoms with van der Waals surface area (Å²) in [5, 5.41) is 0.431. The van der Waals surface area contributed by atoms with Crippen LogP contribution >= 0.6 is 15.9 Å². The van der Waals surface area contributed by atoms with Crippen LogP contribution in [0.1, 0.15) is 34.1 Å². The van der Waals surface area contributed by atoms with Gasteiger partial charge >= 0.3 is 12.6 Å². The summed E-state index contributed by atoms with van der Waals surface area (Å²) >= 11 is 3.11. The first-order chi connectivity index (χ1) is 9.47. The molecule has 0 saturated heterocycles. The molecule has 0 aliphatic rings. The van der Waals surface area contributed by atoms with Crippen LogP contribution in [0.4, 0.5) is 8.78 Å². The predicted molar refractivity (Wildman–Crippen MR) is 71.8 cm³/mol. The van der Waals surface area contributed by atoms with Gasteiger partial charge in [-0.3, -0.25) is 4.79 Å². The number of ether oxygens (including phenoxy) is 2. The molecule has 1 aromatic rings. The highest BCUT2D eigenvalue weighted by Crippen LogP contribution is 2.21. The zero-order chi connectivity index (χ0) is 15.1. The zero-order valence-electron chi connectivity index (χ0n) is 10.7. The van der Waals surface area contributed by atoms with E-state index in [2.05, 4.69) is 20.7 Å². The maximum Gasteiger partial charge on any atom is 0.387 e. The van der Waals surface area contributed by atoms with Crippen LogP contribution in [0, 0.1) is 0 Å². The van der Waals surface area contributed by atoms with Crippen molar-refractivity contribution in [3.05, 3.63) is 29.3 Å².